The first-order valence-electron chi connectivity index (χ1n) is 11.2. The first-order chi connectivity index (χ1) is 15.8. The number of amides is 2. The lowest BCUT2D eigenvalue weighted by atomic mass is 10.1. The van der Waals surface area contributed by atoms with Crippen molar-refractivity contribution in [3.8, 4) is 11.5 Å². The zero-order chi connectivity index (χ0) is 24.4. The third-order valence-electron chi connectivity index (χ3n) is 5.67. The number of hydrogen-bond donors (Lipinski definition) is 0. The number of benzene rings is 1. The fourth-order valence-corrected chi connectivity index (χ4v) is 4.60. The number of halogens is 1. The van der Waals surface area contributed by atoms with Gasteiger partial charge in [-0.15, -0.1) is 22.9 Å². The van der Waals surface area contributed by atoms with Gasteiger partial charge in [-0.05, 0) is 56.5 Å². The van der Waals surface area contributed by atoms with Gasteiger partial charge < -0.3 is 19.3 Å². The number of rotatable bonds is 13. The van der Waals surface area contributed by atoms with E-state index in [-0.39, 0.29) is 36.7 Å². The smallest absolute Gasteiger partial charge is 0.242 e. The summed E-state index contributed by atoms with van der Waals surface area (Å²) in [6.45, 7) is 7.14. The Balaban J connectivity index is 2.20. The second kappa shape index (κ2) is 13.5. The highest BCUT2D eigenvalue weighted by atomic mass is 35.5. The van der Waals surface area contributed by atoms with E-state index < -0.39 is 0 Å². The van der Waals surface area contributed by atoms with Gasteiger partial charge in [0.2, 0.25) is 11.8 Å². The molecule has 0 saturated heterocycles. The van der Waals surface area contributed by atoms with Crippen LogP contribution in [0.25, 0.3) is 0 Å². The summed E-state index contributed by atoms with van der Waals surface area (Å²) in [6.07, 6.45) is 1.67. The zero-order valence-electron chi connectivity index (χ0n) is 20.2. The highest BCUT2D eigenvalue weighted by molar-refractivity contribution is 7.11. The fourth-order valence-electron chi connectivity index (χ4n) is 3.53. The molecule has 0 aliphatic heterocycles. The van der Waals surface area contributed by atoms with E-state index in [0.29, 0.717) is 31.0 Å². The van der Waals surface area contributed by atoms with Crippen LogP contribution in [-0.4, -0.2) is 60.8 Å². The van der Waals surface area contributed by atoms with Crippen LogP contribution in [0.3, 0.4) is 0 Å². The van der Waals surface area contributed by atoms with E-state index in [1.165, 1.54) is 4.88 Å². The lowest BCUT2D eigenvalue weighted by Crippen LogP contribution is -2.46. The Hall–Kier alpha value is -2.25. The lowest BCUT2D eigenvalue weighted by Gasteiger charge is -2.31. The van der Waals surface area contributed by atoms with Crippen LogP contribution in [0.4, 0.5) is 0 Å². The number of hydrogen-bond acceptors (Lipinski definition) is 5. The molecule has 2 aromatic rings. The molecule has 2 amide bonds. The van der Waals surface area contributed by atoms with Crippen LogP contribution in [0.1, 0.15) is 42.0 Å². The summed E-state index contributed by atoms with van der Waals surface area (Å²) in [4.78, 5) is 31.8. The quantitative estimate of drug-likeness (QED) is 0.371. The Morgan fingerprint density at radius 1 is 1.09 bits per heavy atom. The molecule has 1 heterocycles. The largest absolute Gasteiger partial charge is 0.493 e. The summed E-state index contributed by atoms with van der Waals surface area (Å²) in [5.74, 6) is 1.43. The maximum atomic E-state index is 13.4. The van der Waals surface area contributed by atoms with Crippen LogP contribution >= 0.6 is 22.9 Å². The fraction of sp³-hybridized carbons (Fsp3) is 0.520. The molecule has 0 saturated carbocycles. The van der Waals surface area contributed by atoms with Crippen molar-refractivity contribution in [2.24, 2.45) is 0 Å². The van der Waals surface area contributed by atoms with Crippen LogP contribution in [0.2, 0.25) is 0 Å². The van der Waals surface area contributed by atoms with Crippen LogP contribution in [0.5, 0.6) is 11.5 Å². The third-order valence-corrected chi connectivity index (χ3v) is 6.85. The zero-order valence-corrected chi connectivity index (χ0v) is 21.8. The van der Waals surface area contributed by atoms with E-state index in [9.17, 15) is 9.59 Å². The number of alkyl halides is 1. The van der Waals surface area contributed by atoms with Gasteiger partial charge in [-0.25, -0.2) is 0 Å². The van der Waals surface area contributed by atoms with Gasteiger partial charge in [-0.1, -0.05) is 13.0 Å². The molecule has 0 radical (unpaired) electrons. The second-order valence-electron chi connectivity index (χ2n) is 7.98. The van der Waals surface area contributed by atoms with Crippen molar-refractivity contribution in [3.63, 3.8) is 0 Å². The van der Waals surface area contributed by atoms with Crippen LogP contribution in [0, 0.1) is 6.92 Å². The van der Waals surface area contributed by atoms with Crippen molar-refractivity contribution in [2.45, 2.75) is 52.6 Å². The standard InChI is InChI=1S/C25H35ClN2O4S/c1-6-18(2)28(24(29)11-13-26)17-25(30)27(16-21-9-7-19(3)33-21)14-12-20-8-10-22(31-4)23(15-20)32-5/h7-10,15,18H,6,11-14,16-17H2,1-5H3. The number of nitrogens with zero attached hydrogens (tertiary/aromatic N) is 2. The van der Waals surface area contributed by atoms with Crippen molar-refractivity contribution < 1.29 is 19.1 Å². The summed E-state index contributed by atoms with van der Waals surface area (Å²) in [5.41, 5.74) is 1.05. The average Bonchev–Trinajstić information content (AvgIpc) is 3.23. The van der Waals surface area contributed by atoms with Gasteiger partial charge in [0.15, 0.2) is 11.5 Å². The summed E-state index contributed by atoms with van der Waals surface area (Å²) in [5, 5.41) is 0. The monoisotopic (exact) mass is 494 g/mol. The summed E-state index contributed by atoms with van der Waals surface area (Å²) in [7, 11) is 3.22. The first-order valence-corrected chi connectivity index (χ1v) is 12.6. The van der Waals surface area contributed by atoms with Gasteiger partial charge >= 0.3 is 0 Å². The number of carbonyl (C=O) groups excluding carboxylic acids is 2. The third kappa shape index (κ3) is 7.93. The Bertz CT molecular complexity index is 918. The number of carbonyl (C=O) groups is 2. The number of methoxy groups -OCH3 is 2. The molecule has 0 bridgehead atoms. The van der Waals surface area contributed by atoms with Crippen molar-refractivity contribution in [3.05, 3.63) is 45.6 Å². The topological polar surface area (TPSA) is 59.1 Å². The number of ether oxygens (including phenoxy) is 2. The van der Waals surface area contributed by atoms with E-state index in [1.807, 2.05) is 36.9 Å². The van der Waals surface area contributed by atoms with Gasteiger partial charge in [-0.3, -0.25) is 9.59 Å². The van der Waals surface area contributed by atoms with Crippen LogP contribution in [-0.2, 0) is 22.6 Å². The molecular weight excluding hydrogens is 460 g/mol. The van der Waals surface area contributed by atoms with Gasteiger partial charge in [0, 0.05) is 34.6 Å². The molecule has 0 N–H and O–H groups in total. The van der Waals surface area contributed by atoms with Crippen LogP contribution in [0.15, 0.2) is 30.3 Å². The Morgan fingerprint density at radius 2 is 1.82 bits per heavy atom. The summed E-state index contributed by atoms with van der Waals surface area (Å²) >= 11 is 7.48. The van der Waals surface area contributed by atoms with Crippen molar-refractivity contribution in [2.75, 3.05) is 33.2 Å². The molecule has 0 spiro atoms. The predicted octanol–water partition coefficient (Wildman–Crippen LogP) is 4.90. The maximum Gasteiger partial charge on any atom is 0.242 e. The van der Waals surface area contributed by atoms with Gasteiger partial charge in [-0.2, -0.15) is 0 Å². The molecule has 1 aromatic heterocycles. The summed E-state index contributed by atoms with van der Waals surface area (Å²) < 4.78 is 10.7. The lowest BCUT2D eigenvalue weighted by molar-refractivity contribution is -0.142. The minimum absolute atomic E-state index is 0.0265. The van der Waals surface area contributed by atoms with E-state index >= 15 is 0 Å². The molecule has 0 aliphatic carbocycles. The Labute approximate surface area is 206 Å². The molecule has 33 heavy (non-hydrogen) atoms. The molecular formula is C25H35ClN2O4S. The van der Waals surface area contributed by atoms with Crippen molar-refractivity contribution in [1.29, 1.82) is 0 Å². The molecule has 8 heteroatoms. The highest BCUT2D eigenvalue weighted by Gasteiger charge is 2.24. The highest BCUT2D eigenvalue weighted by Crippen LogP contribution is 2.28. The SMILES string of the molecule is CCC(C)N(CC(=O)N(CCc1ccc(OC)c(OC)c1)Cc1ccc(C)s1)C(=O)CCCl. The molecule has 182 valence electrons. The molecule has 0 fully saturated rings. The average molecular weight is 495 g/mol. The van der Waals surface area contributed by atoms with Gasteiger partial charge in [0.25, 0.3) is 0 Å². The van der Waals surface area contributed by atoms with Crippen LogP contribution < -0.4 is 9.47 Å². The molecule has 1 unspecified atom stereocenters. The van der Waals surface area contributed by atoms with Crippen molar-refractivity contribution >= 4 is 34.8 Å². The number of thiophene rings is 1. The van der Waals surface area contributed by atoms with E-state index in [2.05, 4.69) is 19.1 Å². The first kappa shape index (κ1) is 27.0. The van der Waals surface area contributed by atoms with E-state index in [4.69, 9.17) is 21.1 Å². The molecule has 2 rings (SSSR count). The normalized spacial score (nSPS) is 11.7. The molecule has 0 aliphatic rings. The minimum Gasteiger partial charge on any atom is -0.493 e. The second-order valence-corrected chi connectivity index (χ2v) is 9.74. The minimum atomic E-state index is -0.0838. The molecule has 1 aromatic carbocycles. The molecule has 1 atom stereocenters. The van der Waals surface area contributed by atoms with Gasteiger partial charge in [0.05, 0.1) is 27.3 Å². The Morgan fingerprint density at radius 3 is 2.39 bits per heavy atom. The predicted molar refractivity (Wildman–Crippen MR) is 135 cm³/mol. The Kier molecular flexibility index (Phi) is 11.0. The summed E-state index contributed by atoms with van der Waals surface area (Å²) in [6, 6.07) is 9.88. The van der Waals surface area contributed by atoms with E-state index in [1.54, 1.807) is 30.5 Å². The number of aryl methyl sites for hydroxylation is 1. The van der Waals surface area contributed by atoms with Gasteiger partial charge in [0.1, 0.15) is 0 Å². The maximum absolute atomic E-state index is 13.4. The van der Waals surface area contributed by atoms with Crippen molar-refractivity contribution in [1.82, 2.24) is 9.80 Å². The molecule has 6 nitrogen and oxygen atoms in total. The van der Waals surface area contributed by atoms with E-state index in [0.717, 1.165) is 16.9 Å².